The lowest BCUT2D eigenvalue weighted by atomic mass is 10.1. The first-order valence-corrected chi connectivity index (χ1v) is 5.79. The Morgan fingerprint density at radius 2 is 2.28 bits per heavy atom. The van der Waals surface area contributed by atoms with Crippen LogP contribution in [-0.4, -0.2) is 23.3 Å². The van der Waals surface area contributed by atoms with E-state index in [-0.39, 0.29) is 18.1 Å². The molecule has 2 rings (SSSR count). The number of amides is 2. The highest BCUT2D eigenvalue weighted by Crippen LogP contribution is 2.21. The molecule has 4 nitrogen and oxygen atoms in total. The summed E-state index contributed by atoms with van der Waals surface area (Å²) in [6.45, 7) is 2.51. The van der Waals surface area contributed by atoms with E-state index in [0.29, 0.717) is 13.1 Å². The number of benzene rings is 1. The number of nitrogens with two attached hydrogens (primary N) is 1. The molecule has 1 saturated heterocycles. The van der Waals surface area contributed by atoms with Gasteiger partial charge in [0, 0.05) is 19.5 Å². The van der Waals surface area contributed by atoms with E-state index in [1.807, 2.05) is 6.92 Å². The van der Waals surface area contributed by atoms with Crippen molar-refractivity contribution in [3.05, 3.63) is 35.1 Å². The first kappa shape index (κ1) is 12.5. The van der Waals surface area contributed by atoms with Crippen molar-refractivity contribution in [1.29, 1.82) is 0 Å². The predicted octanol–water partition coefficient (Wildman–Crippen LogP) is 0.968. The van der Waals surface area contributed by atoms with Crippen LogP contribution in [0.25, 0.3) is 0 Å². The molecule has 2 N–H and O–H groups in total. The monoisotopic (exact) mass is 250 g/mol. The van der Waals surface area contributed by atoms with Crippen LogP contribution in [0.2, 0.25) is 0 Å². The topological polar surface area (TPSA) is 63.4 Å². The molecule has 1 unspecified atom stereocenters. The molecule has 0 saturated carbocycles. The zero-order valence-electron chi connectivity index (χ0n) is 10.1. The quantitative estimate of drug-likeness (QED) is 0.868. The van der Waals surface area contributed by atoms with E-state index in [2.05, 4.69) is 0 Å². The molecule has 0 spiro atoms. The molecule has 5 heteroatoms. The van der Waals surface area contributed by atoms with Crippen LogP contribution in [0.3, 0.4) is 0 Å². The number of carbonyl (C=O) groups is 2. The van der Waals surface area contributed by atoms with E-state index in [4.69, 9.17) is 5.73 Å². The Bertz CT molecular complexity index is 502. The maximum Gasteiger partial charge on any atom is 0.223 e. The maximum absolute atomic E-state index is 13.1. The zero-order chi connectivity index (χ0) is 13.3. The Kier molecular flexibility index (Phi) is 3.32. The lowest BCUT2D eigenvalue weighted by molar-refractivity contribution is -0.128. The Balaban J connectivity index is 2.12. The summed E-state index contributed by atoms with van der Waals surface area (Å²) in [5, 5.41) is 0. The van der Waals surface area contributed by atoms with Crippen molar-refractivity contribution < 1.29 is 14.0 Å². The van der Waals surface area contributed by atoms with Gasteiger partial charge in [-0.25, -0.2) is 4.39 Å². The smallest absolute Gasteiger partial charge is 0.223 e. The first-order valence-electron chi connectivity index (χ1n) is 5.79. The van der Waals surface area contributed by atoms with Crippen molar-refractivity contribution in [1.82, 2.24) is 4.90 Å². The fourth-order valence-corrected chi connectivity index (χ4v) is 2.13. The third-order valence-corrected chi connectivity index (χ3v) is 3.29. The molecule has 1 aromatic rings. The Morgan fingerprint density at radius 1 is 1.56 bits per heavy atom. The molecule has 96 valence electrons. The van der Waals surface area contributed by atoms with Gasteiger partial charge in [0.1, 0.15) is 5.82 Å². The summed E-state index contributed by atoms with van der Waals surface area (Å²) >= 11 is 0. The molecule has 1 aromatic carbocycles. The van der Waals surface area contributed by atoms with Crippen molar-refractivity contribution >= 4 is 11.8 Å². The van der Waals surface area contributed by atoms with Gasteiger partial charge in [-0.1, -0.05) is 6.07 Å². The van der Waals surface area contributed by atoms with Gasteiger partial charge in [0.25, 0.3) is 0 Å². The SMILES string of the molecule is Cc1ccc(F)cc1CN1CC(C(N)=O)CC1=O. The number of halogens is 1. The minimum atomic E-state index is -0.457. The fourth-order valence-electron chi connectivity index (χ4n) is 2.13. The van der Waals surface area contributed by atoms with Crippen molar-refractivity contribution in [2.24, 2.45) is 11.7 Å². The number of carbonyl (C=O) groups excluding carboxylic acids is 2. The molecule has 1 fully saturated rings. The number of rotatable bonds is 3. The van der Waals surface area contributed by atoms with Gasteiger partial charge in [0.2, 0.25) is 11.8 Å². The van der Waals surface area contributed by atoms with Crippen LogP contribution in [0, 0.1) is 18.7 Å². The molecular weight excluding hydrogens is 235 g/mol. The lowest BCUT2D eigenvalue weighted by Crippen LogP contribution is -2.28. The van der Waals surface area contributed by atoms with E-state index < -0.39 is 11.8 Å². The number of likely N-dealkylation sites (tertiary alicyclic amines) is 1. The third kappa shape index (κ3) is 2.50. The van der Waals surface area contributed by atoms with Crippen LogP contribution in [0.5, 0.6) is 0 Å². The Labute approximate surface area is 105 Å². The summed E-state index contributed by atoms with van der Waals surface area (Å²) in [5.74, 6) is -1.32. The molecule has 1 aliphatic heterocycles. The average molecular weight is 250 g/mol. The zero-order valence-corrected chi connectivity index (χ0v) is 10.1. The molecule has 18 heavy (non-hydrogen) atoms. The number of aryl methyl sites for hydroxylation is 1. The second kappa shape index (κ2) is 4.76. The number of hydrogen-bond acceptors (Lipinski definition) is 2. The molecule has 1 heterocycles. The average Bonchev–Trinajstić information content (AvgIpc) is 2.66. The summed E-state index contributed by atoms with van der Waals surface area (Å²) < 4.78 is 13.1. The van der Waals surface area contributed by atoms with Crippen molar-refractivity contribution in [2.45, 2.75) is 19.9 Å². The third-order valence-electron chi connectivity index (χ3n) is 3.29. The van der Waals surface area contributed by atoms with Gasteiger partial charge in [0.15, 0.2) is 0 Å². The van der Waals surface area contributed by atoms with E-state index in [9.17, 15) is 14.0 Å². The van der Waals surface area contributed by atoms with Crippen molar-refractivity contribution in [3.8, 4) is 0 Å². The van der Waals surface area contributed by atoms with Crippen LogP contribution >= 0.6 is 0 Å². The van der Waals surface area contributed by atoms with Crippen LogP contribution < -0.4 is 5.73 Å². The van der Waals surface area contributed by atoms with Gasteiger partial charge < -0.3 is 10.6 Å². The van der Waals surface area contributed by atoms with E-state index in [0.717, 1.165) is 11.1 Å². The van der Waals surface area contributed by atoms with E-state index >= 15 is 0 Å². The predicted molar refractivity (Wildman–Crippen MR) is 63.9 cm³/mol. The minimum absolute atomic E-state index is 0.109. The summed E-state index contributed by atoms with van der Waals surface area (Å²) in [4.78, 5) is 24.3. The molecule has 0 aromatic heterocycles. The first-order chi connectivity index (χ1) is 8.47. The van der Waals surface area contributed by atoms with Crippen LogP contribution in [-0.2, 0) is 16.1 Å². The highest BCUT2D eigenvalue weighted by atomic mass is 19.1. The summed E-state index contributed by atoms with van der Waals surface area (Å²) in [7, 11) is 0. The fraction of sp³-hybridized carbons (Fsp3) is 0.385. The minimum Gasteiger partial charge on any atom is -0.369 e. The van der Waals surface area contributed by atoms with Gasteiger partial charge >= 0.3 is 0 Å². The molecular formula is C13H15FN2O2. The summed E-state index contributed by atoms with van der Waals surface area (Å²) in [6, 6.07) is 4.48. The lowest BCUT2D eigenvalue weighted by Gasteiger charge is -2.17. The van der Waals surface area contributed by atoms with E-state index in [1.54, 1.807) is 11.0 Å². The second-order valence-electron chi connectivity index (χ2n) is 4.65. The largest absolute Gasteiger partial charge is 0.369 e. The molecule has 0 aliphatic carbocycles. The maximum atomic E-state index is 13.1. The molecule has 0 bridgehead atoms. The number of primary amides is 1. The van der Waals surface area contributed by atoms with Gasteiger partial charge in [-0.2, -0.15) is 0 Å². The van der Waals surface area contributed by atoms with Crippen LogP contribution in [0.1, 0.15) is 17.5 Å². The second-order valence-corrected chi connectivity index (χ2v) is 4.65. The van der Waals surface area contributed by atoms with Gasteiger partial charge in [-0.15, -0.1) is 0 Å². The standard InChI is InChI=1S/C13H15FN2O2/c1-8-2-3-11(14)4-9(8)6-16-7-10(13(15)18)5-12(16)17/h2-4,10H,5-7H2,1H3,(H2,15,18). The Morgan fingerprint density at radius 3 is 2.89 bits per heavy atom. The van der Waals surface area contributed by atoms with Gasteiger partial charge in [-0.3, -0.25) is 9.59 Å². The summed E-state index contributed by atoms with van der Waals surface area (Å²) in [5.41, 5.74) is 6.87. The Hall–Kier alpha value is -1.91. The normalized spacial score (nSPS) is 19.3. The molecule has 1 atom stereocenters. The van der Waals surface area contributed by atoms with E-state index in [1.165, 1.54) is 12.1 Å². The van der Waals surface area contributed by atoms with Gasteiger partial charge in [0.05, 0.1) is 5.92 Å². The van der Waals surface area contributed by atoms with Crippen LogP contribution in [0.15, 0.2) is 18.2 Å². The van der Waals surface area contributed by atoms with Crippen LogP contribution in [0.4, 0.5) is 4.39 Å². The van der Waals surface area contributed by atoms with Gasteiger partial charge in [-0.05, 0) is 30.2 Å². The highest BCUT2D eigenvalue weighted by molar-refractivity contribution is 5.88. The van der Waals surface area contributed by atoms with Crippen molar-refractivity contribution in [2.75, 3.05) is 6.54 Å². The van der Waals surface area contributed by atoms with Crippen molar-refractivity contribution in [3.63, 3.8) is 0 Å². The summed E-state index contributed by atoms with van der Waals surface area (Å²) in [6.07, 6.45) is 0.156. The molecule has 1 aliphatic rings. The number of nitrogens with zero attached hydrogens (tertiary/aromatic N) is 1. The molecule has 0 radical (unpaired) electrons. The molecule has 2 amide bonds. The number of hydrogen-bond donors (Lipinski definition) is 1. The highest BCUT2D eigenvalue weighted by Gasteiger charge is 2.33.